The van der Waals surface area contributed by atoms with E-state index in [1.807, 2.05) is 6.92 Å². The van der Waals surface area contributed by atoms with E-state index >= 15 is 0 Å². The highest BCUT2D eigenvalue weighted by atomic mass is 16.5. The van der Waals surface area contributed by atoms with E-state index in [0.717, 1.165) is 5.57 Å². The Kier molecular flexibility index (Phi) is 7.89. The molecule has 0 saturated heterocycles. The molecule has 0 spiro atoms. The first-order valence-corrected chi connectivity index (χ1v) is 5.09. The Bertz CT molecular complexity index is 271. The molecular weight excluding hydrogens is 206 g/mol. The van der Waals surface area contributed by atoms with E-state index in [1.54, 1.807) is 18.2 Å². The maximum atomic E-state index is 11.2. The molecule has 0 bridgehead atoms. The van der Waals surface area contributed by atoms with Crippen LogP contribution >= 0.6 is 0 Å². The Hall–Kier alpha value is -1.55. The summed E-state index contributed by atoms with van der Waals surface area (Å²) in [5.74, 6) is 0.0233. The molecule has 1 unspecified atom stereocenters. The molecule has 0 fully saturated rings. The molecule has 4 heteroatoms. The maximum Gasteiger partial charge on any atom is 0.407 e. The molecular formula is C12H19NO3. The number of carbonyl (C=O) groups is 1. The predicted octanol–water partition coefficient (Wildman–Crippen LogP) is 1.64. The van der Waals surface area contributed by atoms with Gasteiger partial charge >= 0.3 is 6.09 Å². The third kappa shape index (κ3) is 6.84. The first kappa shape index (κ1) is 14.5. The summed E-state index contributed by atoms with van der Waals surface area (Å²) in [6.45, 7) is 9.54. The second-order valence-corrected chi connectivity index (χ2v) is 3.43. The molecule has 16 heavy (non-hydrogen) atoms. The monoisotopic (exact) mass is 225 g/mol. The van der Waals surface area contributed by atoms with Crippen molar-refractivity contribution in [2.75, 3.05) is 19.8 Å². The van der Waals surface area contributed by atoms with Crippen LogP contribution in [0.1, 0.15) is 6.92 Å². The quantitative estimate of drug-likeness (QED) is 0.647. The zero-order valence-corrected chi connectivity index (χ0v) is 9.61. The summed E-state index contributed by atoms with van der Waals surface area (Å²) >= 11 is 0. The number of ether oxygens (including phenoxy) is 1. The molecule has 0 rings (SSSR count). The molecule has 0 saturated carbocycles. The number of aliphatic hydroxyl groups excluding tert-OH is 1. The number of alkyl carbamates (subject to hydrolysis) is 1. The summed E-state index contributed by atoms with van der Waals surface area (Å²) in [6.07, 6.45) is 4.42. The van der Waals surface area contributed by atoms with Gasteiger partial charge in [0.25, 0.3) is 0 Å². The normalized spacial score (nSPS) is 12.8. The summed E-state index contributed by atoms with van der Waals surface area (Å²) < 4.78 is 4.92. The largest absolute Gasteiger partial charge is 0.445 e. The van der Waals surface area contributed by atoms with Crippen molar-refractivity contribution in [1.82, 2.24) is 5.32 Å². The number of amides is 1. The first-order chi connectivity index (χ1) is 7.63. The van der Waals surface area contributed by atoms with E-state index in [4.69, 9.17) is 9.84 Å². The summed E-state index contributed by atoms with van der Waals surface area (Å²) in [5, 5.41) is 11.3. The van der Waals surface area contributed by atoms with Crippen molar-refractivity contribution < 1.29 is 14.6 Å². The van der Waals surface area contributed by atoms with Crippen molar-refractivity contribution in [3.05, 3.63) is 37.0 Å². The van der Waals surface area contributed by atoms with Crippen LogP contribution in [0.3, 0.4) is 0 Å². The van der Waals surface area contributed by atoms with Crippen LogP contribution in [0.5, 0.6) is 0 Å². The summed E-state index contributed by atoms with van der Waals surface area (Å²) in [5.41, 5.74) is 0.778. The molecule has 0 aliphatic carbocycles. The smallest absolute Gasteiger partial charge is 0.407 e. The predicted molar refractivity (Wildman–Crippen MR) is 64.1 cm³/mol. The van der Waals surface area contributed by atoms with Gasteiger partial charge in [-0.25, -0.2) is 4.79 Å². The zero-order valence-electron chi connectivity index (χ0n) is 9.61. The van der Waals surface area contributed by atoms with Gasteiger partial charge in [0.15, 0.2) is 0 Å². The SMILES string of the molecule is C=C/C=C(\C=C)COC(=O)NCC(C)CO. The van der Waals surface area contributed by atoms with Crippen LogP contribution in [0, 0.1) is 5.92 Å². The highest BCUT2D eigenvalue weighted by Gasteiger charge is 2.05. The van der Waals surface area contributed by atoms with E-state index in [9.17, 15) is 4.79 Å². The molecule has 0 aromatic heterocycles. The van der Waals surface area contributed by atoms with Crippen LogP contribution < -0.4 is 5.32 Å². The molecule has 2 N–H and O–H groups in total. The molecule has 0 aromatic carbocycles. The lowest BCUT2D eigenvalue weighted by atomic mass is 10.2. The lowest BCUT2D eigenvalue weighted by Gasteiger charge is -2.10. The van der Waals surface area contributed by atoms with E-state index < -0.39 is 6.09 Å². The molecule has 1 atom stereocenters. The highest BCUT2D eigenvalue weighted by Crippen LogP contribution is 1.97. The number of hydrogen-bond donors (Lipinski definition) is 2. The Balaban J connectivity index is 3.84. The van der Waals surface area contributed by atoms with Crippen LogP contribution in [0.25, 0.3) is 0 Å². The minimum Gasteiger partial charge on any atom is -0.445 e. The fourth-order valence-electron chi connectivity index (χ4n) is 0.848. The van der Waals surface area contributed by atoms with Gasteiger partial charge in [0.1, 0.15) is 6.61 Å². The van der Waals surface area contributed by atoms with Crippen LogP contribution in [0.2, 0.25) is 0 Å². The van der Waals surface area contributed by atoms with Gasteiger partial charge in [0.05, 0.1) is 0 Å². The third-order valence-electron chi connectivity index (χ3n) is 1.87. The van der Waals surface area contributed by atoms with Crippen molar-refractivity contribution in [1.29, 1.82) is 0 Å². The second kappa shape index (κ2) is 8.73. The molecule has 4 nitrogen and oxygen atoms in total. The molecule has 0 aliphatic heterocycles. The lowest BCUT2D eigenvalue weighted by Crippen LogP contribution is -2.30. The molecule has 0 heterocycles. The van der Waals surface area contributed by atoms with Gasteiger partial charge in [-0.05, 0) is 11.5 Å². The average molecular weight is 225 g/mol. The fraction of sp³-hybridized carbons (Fsp3) is 0.417. The molecule has 0 aliphatic rings. The summed E-state index contributed by atoms with van der Waals surface area (Å²) in [4.78, 5) is 11.2. The summed E-state index contributed by atoms with van der Waals surface area (Å²) in [7, 11) is 0. The molecule has 90 valence electrons. The Morgan fingerprint density at radius 1 is 1.56 bits per heavy atom. The molecule has 0 radical (unpaired) electrons. The van der Waals surface area contributed by atoms with Crippen LogP contribution in [0.4, 0.5) is 4.79 Å². The van der Waals surface area contributed by atoms with Gasteiger partial charge in [-0.3, -0.25) is 0 Å². The minimum atomic E-state index is -0.503. The van der Waals surface area contributed by atoms with Gasteiger partial charge < -0.3 is 15.2 Å². The van der Waals surface area contributed by atoms with E-state index in [-0.39, 0.29) is 19.1 Å². The topological polar surface area (TPSA) is 58.6 Å². The van der Waals surface area contributed by atoms with Crippen LogP contribution in [0.15, 0.2) is 37.0 Å². The van der Waals surface area contributed by atoms with Crippen molar-refractivity contribution in [2.45, 2.75) is 6.92 Å². The lowest BCUT2D eigenvalue weighted by molar-refractivity contribution is 0.152. The van der Waals surface area contributed by atoms with Crippen molar-refractivity contribution >= 4 is 6.09 Å². The molecule has 0 aromatic rings. The number of nitrogens with one attached hydrogen (secondary N) is 1. The number of hydrogen-bond acceptors (Lipinski definition) is 3. The van der Waals surface area contributed by atoms with Crippen molar-refractivity contribution in [3.63, 3.8) is 0 Å². The third-order valence-corrected chi connectivity index (χ3v) is 1.87. The Morgan fingerprint density at radius 3 is 2.75 bits per heavy atom. The minimum absolute atomic E-state index is 0.0233. The molecule has 1 amide bonds. The number of carbonyl (C=O) groups excluding carboxylic acids is 1. The van der Waals surface area contributed by atoms with E-state index in [2.05, 4.69) is 18.5 Å². The standard InChI is InChI=1S/C12H19NO3/c1-4-6-11(5-2)9-16-12(15)13-7-10(3)8-14/h4-6,10,14H,1-2,7-9H2,3H3,(H,13,15)/b11-6+. The fourth-order valence-corrected chi connectivity index (χ4v) is 0.848. The summed E-state index contributed by atoms with van der Waals surface area (Å²) in [6, 6.07) is 0. The Labute approximate surface area is 96.3 Å². The Morgan fingerprint density at radius 2 is 2.25 bits per heavy atom. The van der Waals surface area contributed by atoms with Crippen molar-refractivity contribution in [2.24, 2.45) is 5.92 Å². The van der Waals surface area contributed by atoms with Gasteiger partial charge in [-0.15, -0.1) is 0 Å². The number of allylic oxidation sites excluding steroid dienone is 2. The van der Waals surface area contributed by atoms with Gasteiger partial charge in [-0.2, -0.15) is 0 Å². The zero-order chi connectivity index (χ0) is 12.4. The maximum absolute atomic E-state index is 11.2. The number of rotatable bonds is 7. The first-order valence-electron chi connectivity index (χ1n) is 5.09. The van der Waals surface area contributed by atoms with Gasteiger partial charge in [0, 0.05) is 13.2 Å². The van der Waals surface area contributed by atoms with Crippen LogP contribution in [-0.2, 0) is 4.74 Å². The van der Waals surface area contributed by atoms with E-state index in [0.29, 0.717) is 6.54 Å². The second-order valence-electron chi connectivity index (χ2n) is 3.43. The van der Waals surface area contributed by atoms with Crippen LogP contribution in [-0.4, -0.2) is 31.0 Å². The van der Waals surface area contributed by atoms with Gasteiger partial charge in [-0.1, -0.05) is 38.3 Å². The average Bonchev–Trinajstić information content (AvgIpc) is 2.31. The van der Waals surface area contributed by atoms with Gasteiger partial charge in [0.2, 0.25) is 0 Å². The number of aliphatic hydroxyl groups is 1. The van der Waals surface area contributed by atoms with Crippen molar-refractivity contribution in [3.8, 4) is 0 Å². The highest BCUT2D eigenvalue weighted by molar-refractivity contribution is 5.67. The van der Waals surface area contributed by atoms with E-state index in [1.165, 1.54) is 0 Å².